The zero-order valence-corrected chi connectivity index (χ0v) is 29.9. The third-order valence-electron chi connectivity index (χ3n) is 10.3. The van der Waals surface area contributed by atoms with Gasteiger partial charge in [0, 0.05) is 81.3 Å². The number of aliphatic hydroxyl groups excluding tert-OH is 1. The van der Waals surface area contributed by atoms with Crippen LogP contribution in [0.15, 0.2) is 57.7 Å². The number of aromatic nitrogens is 4. The van der Waals surface area contributed by atoms with Gasteiger partial charge in [0.25, 0.3) is 17.8 Å². The van der Waals surface area contributed by atoms with Gasteiger partial charge in [-0.2, -0.15) is 4.98 Å². The smallest absolute Gasteiger partial charge is 0.342 e. The van der Waals surface area contributed by atoms with Gasteiger partial charge in [0.2, 0.25) is 17.4 Å². The molecule has 1 aromatic carbocycles. The van der Waals surface area contributed by atoms with Crippen LogP contribution in [0.5, 0.6) is 0 Å². The number of carbonyl (C=O) groups excluding carboxylic acids is 4. The van der Waals surface area contributed by atoms with E-state index in [0.717, 1.165) is 29.9 Å². The number of hydrogen-bond acceptors (Lipinski definition) is 14. The van der Waals surface area contributed by atoms with Gasteiger partial charge in [0.15, 0.2) is 17.1 Å². The Morgan fingerprint density at radius 3 is 2.62 bits per heavy atom. The molecule has 3 N–H and O–H groups in total. The molecule has 9 rings (SSSR count). The number of anilines is 3. The van der Waals surface area contributed by atoms with Gasteiger partial charge in [-0.25, -0.2) is 24.8 Å². The predicted octanol–water partition coefficient (Wildman–Crippen LogP) is 2.54. The third kappa shape index (κ3) is 6.69. The van der Waals surface area contributed by atoms with E-state index < -0.39 is 18.0 Å². The van der Waals surface area contributed by atoms with Crippen LogP contribution in [0.1, 0.15) is 50.5 Å². The number of oxazole rings is 2. The van der Waals surface area contributed by atoms with E-state index in [2.05, 4.69) is 30.4 Å². The Labute approximate surface area is 313 Å². The van der Waals surface area contributed by atoms with Crippen LogP contribution >= 0.6 is 0 Å². The van der Waals surface area contributed by atoms with Crippen molar-refractivity contribution in [3.05, 3.63) is 76.9 Å². The van der Waals surface area contributed by atoms with Crippen molar-refractivity contribution in [1.29, 1.82) is 0 Å². The number of benzene rings is 1. The minimum atomic E-state index is -0.585. The van der Waals surface area contributed by atoms with Crippen molar-refractivity contribution in [2.45, 2.75) is 39.0 Å². The molecule has 0 bridgehead atoms. The maximum absolute atomic E-state index is 13.4. The second-order valence-corrected chi connectivity index (χ2v) is 14.1. The van der Waals surface area contributed by atoms with E-state index in [0.29, 0.717) is 84.9 Å². The Kier molecular flexibility index (Phi) is 8.61. The van der Waals surface area contributed by atoms with Crippen LogP contribution in [0.25, 0.3) is 22.7 Å². The summed E-state index contributed by atoms with van der Waals surface area (Å²) < 4.78 is 11.8. The molecular formula is C37H37N11O7. The monoisotopic (exact) mass is 747 g/mol. The number of rotatable bonds is 8. The van der Waals surface area contributed by atoms with Crippen molar-refractivity contribution in [2.24, 2.45) is 0 Å². The third-order valence-corrected chi connectivity index (χ3v) is 10.3. The van der Waals surface area contributed by atoms with Crippen molar-refractivity contribution < 1.29 is 33.1 Å². The zero-order chi connectivity index (χ0) is 37.8. The Balaban J connectivity index is 0.874. The van der Waals surface area contributed by atoms with Crippen LogP contribution in [0, 0.1) is 6.92 Å². The lowest BCUT2D eigenvalue weighted by molar-refractivity contribution is -0.123. The highest BCUT2D eigenvalue weighted by atomic mass is 16.4. The lowest BCUT2D eigenvalue weighted by Gasteiger charge is -2.34. The minimum absolute atomic E-state index is 0.0914. The molecule has 18 heteroatoms. The maximum atomic E-state index is 13.4. The lowest BCUT2D eigenvalue weighted by Crippen LogP contribution is -2.56. The molecule has 0 spiro atoms. The van der Waals surface area contributed by atoms with Gasteiger partial charge in [-0.05, 0) is 42.7 Å². The molecule has 0 aliphatic carbocycles. The number of aliphatic hydroxyl groups is 1. The Hall–Kier alpha value is -6.40. The summed E-state index contributed by atoms with van der Waals surface area (Å²) in [5.41, 5.74) is 5.23. The Morgan fingerprint density at radius 2 is 1.84 bits per heavy atom. The van der Waals surface area contributed by atoms with Crippen LogP contribution in [0.4, 0.5) is 22.3 Å². The molecule has 18 nitrogen and oxygen atoms in total. The number of urea groups is 1. The Morgan fingerprint density at radius 1 is 0.982 bits per heavy atom. The van der Waals surface area contributed by atoms with E-state index >= 15 is 0 Å². The summed E-state index contributed by atoms with van der Waals surface area (Å²) >= 11 is 0. The standard InChI is InChI=1S/C37H37N11O7/c1-21-14-23(4-7-38-21)34-40-28(20-54-34)33(51)39-27-16-29-31(42-32(27)46-8-5-25(49)19-46)43-37(55-29)45-12-10-44(11-13-45)17-22-2-3-26-24(15-22)18-48(35(26)52)47-9-6-30(50)41-36(47)53/h2-4,7,14-16,20,25,49H,5-6,8-13,17-19H2,1H3,(H,39,51)(H,41,50,53)/t25-/m1/s1. The number of carbonyl (C=O) groups is 4. The summed E-state index contributed by atoms with van der Waals surface area (Å²) in [6.07, 6.45) is 3.16. The van der Waals surface area contributed by atoms with Crippen molar-refractivity contribution in [3.8, 4) is 11.5 Å². The van der Waals surface area contributed by atoms with Gasteiger partial charge < -0.3 is 29.1 Å². The van der Waals surface area contributed by atoms with E-state index in [-0.39, 0.29) is 37.0 Å². The summed E-state index contributed by atoms with van der Waals surface area (Å²) in [7, 11) is 0. The highest BCUT2D eigenvalue weighted by Crippen LogP contribution is 2.34. The minimum Gasteiger partial charge on any atom is -0.444 e. The van der Waals surface area contributed by atoms with Gasteiger partial charge in [-0.15, -0.1) is 0 Å². The van der Waals surface area contributed by atoms with Gasteiger partial charge in [0.05, 0.1) is 24.9 Å². The molecule has 4 aliphatic heterocycles. The second-order valence-electron chi connectivity index (χ2n) is 14.1. The Bertz CT molecular complexity index is 2350. The molecule has 5 aromatic rings. The average molecular weight is 748 g/mol. The number of amides is 5. The normalized spacial score (nSPS) is 19.1. The number of nitrogens with zero attached hydrogens (tertiary/aromatic N) is 9. The van der Waals surface area contributed by atoms with Crippen molar-refractivity contribution >= 4 is 52.5 Å². The number of imide groups is 1. The van der Waals surface area contributed by atoms with Crippen LogP contribution in [-0.4, -0.2) is 116 Å². The van der Waals surface area contributed by atoms with E-state index in [1.54, 1.807) is 18.3 Å². The number of fused-ring (bicyclic) bond motifs is 2. The molecular weight excluding hydrogens is 710 g/mol. The topological polar surface area (TPSA) is 207 Å². The van der Waals surface area contributed by atoms with Gasteiger partial charge in [-0.1, -0.05) is 12.1 Å². The molecule has 5 amide bonds. The molecule has 282 valence electrons. The molecule has 3 fully saturated rings. The number of piperazine rings is 1. The second kappa shape index (κ2) is 13.8. The van der Waals surface area contributed by atoms with Crippen molar-refractivity contribution in [2.75, 3.05) is 60.9 Å². The number of pyridine rings is 2. The number of hydrazine groups is 1. The first kappa shape index (κ1) is 34.4. The highest BCUT2D eigenvalue weighted by molar-refractivity contribution is 6.05. The van der Waals surface area contributed by atoms with E-state index in [1.807, 2.05) is 36.1 Å². The van der Waals surface area contributed by atoms with Crippen molar-refractivity contribution in [1.82, 2.24) is 40.2 Å². The van der Waals surface area contributed by atoms with Gasteiger partial charge in [-0.3, -0.25) is 29.6 Å². The maximum Gasteiger partial charge on any atom is 0.342 e. The fraction of sp³-hybridized carbons (Fsp3) is 0.351. The zero-order valence-electron chi connectivity index (χ0n) is 29.9. The summed E-state index contributed by atoms with van der Waals surface area (Å²) in [5.74, 6) is -0.317. The molecule has 0 saturated carbocycles. The molecule has 3 saturated heterocycles. The van der Waals surface area contributed by atoms with Crippen LogP contribution in [0.3, 0.4) is 0 Å². The summed E-state index contributed by atoms with van der Waals surface area (Å²) in [6, 6.07) is 10.9. The van der Waals surface area contributed by atoms with Crippen LogP contribution in [0.2, 0.25) is 0 Å². The quantitative estimate of drug-likeness (QED) is 0.209. The first-order valence-corrected chi connectivity index (χ1v) is 18.1. The molecule has 55 heavy (non-hydrogen) atoms. The van der Waals surface area contributed by atoms with Crippen LogP contribution in [-0.2, 0) is 17.9 Å². The summed E-state index contributed by atoms with van der Waals surface area (Å²) in [5, 5.41) is 18.2. The first-order chi connectivity index (χ1) is 26.6. The number of β-amino-alcohol motifs (C(OH)–C–C–N with tert-alkyl or cyclic N) is 1. The summed E-state index contributed by atoms with van der Waals surface area (Å²) in [4.78, 5) is 74.9. The number of aryl methyl sites for hydroxylation is 1. The predicted molar refractivity (Wildman–Crippen MR) is 196 cm³/mol. The molecule has 0 radical (unpaired) electrons. The highest BCUT2D eigenvalue weighted by Gasteiger charge is 2.37. The van der Waals surface area contributed by atoms with Crippen LogP contribution < -0.4 is 20.4 Å². The van der Waals surface area contributed by atoms with Gasteiger partial charge in [0.1, 0.15) is 6.26 Å². The lowest BCUT2D eigenvalue weighted by atomic mass is 10.1. The molecule has 4 aromatic heterocycles. The van der Waals surface area contributed by atoms with Gasteiger partial charge >= 0.3 is 6.03 Å². The molecule has 4 aliphatic rings. The molecule has 1 atom stereocenters. The number of nitrogens with one attached hydrogen (secondary N) is 2. The average Bonchev–Trinajstić information content (AvgIpc) is 3.98. The fourth-order valence-electron chi connectivity index (χ4n) is 7.41. The molecule has 8 heterocycles. The largest absolute Gasteiger partial charge is 0.444 e. The number of hydrogen-bond donors (Lipinski definition) is 3. The molecule has 0 unspecified atom stereocenters. The van der Waals surface area contributed by atoms with Crippen molar-refractivity contribution in [3.63, 3.8) is 0 Å². The van der Waals surface area contributed by atoms with E-state index in [4.69, 9.17) is 18.8 Å². The summed E-state index contributed by atoms with van der Waals surface area (Å²) in [6.45, 7) is 6.63. The van der Waals surface area contributed by atoms with E-state index in [1.165, 1.54) is 16.3 Å². The first-order valence-electron chi connectivity index (χ1n) is 18.1. The SMILES string of the molecule is Cc1cc(-c2nc(C(=O)Nc3cc4oc(N5CCN(Cc6ccc7c(c6)CN(N6CCC(=O)NC6=O)C7=O)CC5)nc4nc3N3CC[C@@H](O)C3)co2)ccn1. The fourth-order valence-corrected chi connectivity index (χ4v) is 7.41. The van der Waals surface area contributed by atoms with E-state index in [9.17, 15) is 24.3 Å².